The van der Waals surface area contributed by atoms with Crippen LogP contribution in [0.15, 0.2) is 18.2 Å². The molecule has 0 radical (unpaired) electrons. The SMILES string of the molecule is Cc1ccc(CN(C)C(=O)CC2CCCN2)c(C)c1. The number of carbonyl (C=O) groups excluding carboxylic acids is 1. The molecule has 1 saturated heterocycles. The van der Waals surface area contributed by atoms with Gasteiger partial charge in [0.1, 0.15) is 0 Å². The third-order valence-electron chi connectivity index (χ3n) is 3.91. The molecule has 1 aromatic carbocycles. The number of hydrogen-bond acceptors (Lipinski definition) is 2. The summed E-state index contributed by atoms with van der Waals surface area (Å²) in [7, 11) is 1.90. The first-order chi connectivity index (χ1) is 9.06. The van der Waals surface area contributed by atoms with Crippen LogP contribution in [0.1, 0.15) is 36.0 Å². The lowest BCUT2D eigenvalue weighted by atomic mass is 10.1. The highest BCUT2D eigenvalue weighted by molar-refractivity contribution is 5.76. The van der Waals surface area contributed by atoms with E-state index in [2.05, 4.69) is 37.4 Å². The smallest absolute Gasteiger partial charge is 0.224 e. The number of benzene rings is 1. The lowest BCUT2D eigenvalue weighted by molar-refractivity contribution is -0.130. The Balaban J connectivity index is 1.92. The molecule has 0 aromatic heterocycles. The number of hydrogen-bond donors (Lipinski definition) is 1. The quantitative estimate of drug-likeness (QED) is 0.901. The van der Waals surface area contributed by atoms with E-state index in [1.807, 2.05) is 11.9 Å². The van der Waals surface area contributed by atoms with Crippen molar-refractivity contribution in [2.24, 2.45) is 0 Å². The zero-order valence-electron chi connectivity index (χ0n) is 12.2. The fourth-order valence-electron chi connectivity index (χ4n) is 2.66. The van der Waals surface area contributed by atoms with Gasteiger partial charge in [0.2, 0.25) is 5.91 Å². The lowest BCUT2D eigenvalue weighted by Crippen LogP contribution is -2.33. The van der Waals surface area contributed by atoms with E-state index in [0.717, 1.165) is 13.0 Å². The van der Waals surface area contributed by atoms with Gasteiger partial charge in [-0.15, -0.1) is 0 Å². The summed E-state index contributed by atoms with van der Waals surface area (Å²) in [5.41, 5.74) is 3.77. The second-order valence-electron chi connectivity index (χ2n) is 5.68. The van der Waals surface area contributed by atoms with E-state index in [1.165, 1.54) is 23.1 Å². The summed E-state index contributed by atoms with van der Waals surface area (Å²) in [6.45, 7) is 5.97. The van der Waals surface area contributed by atoms with Crippen molar-refractivity contribution in [3.05, 3.63) is 34.9 Å². The molecule has 0 spiro atoms. The molecule has 1 amide bonds. The zero-order chi connectivity index (χ0) is 13.8. The monoisotopic (exact) mass is 260 g/mol. The van der Waals surface area contributed by atoms with Crippen molar-refractivity contribution < 1.29 is 4.79 Å². The van der Waals surface area contributed by atoms with Crippen molar-refractivity contribution in [3.63, 3.8) is 0 Å². The Hall–Kier alpha value is -1.35. The molecule has 104 valence electrons. The summed E-state index contributed by atoms with van der Waals surface area (Å²) in [5, 5.41) is 3.38. The van der Waals surface area contributed by atoms with Crippen LogP contribution in [0.4, 0.5) is 0 Å². The number of nitrogens with zero attached hydrogens (tertiary/aromatic N) is 1. The molecule has 2 rings (SSSR count). The molecule has 3 heteroatoms. The molecule has 0 aliphatic carbocycles. The second kappa shape index (κ2) is 6.20. The van der Waals surface area contributed by atoms with Gasteiger partial charge in [0.15, 0.2) is 0 Å². The highest BCUT2D eigenvalue weighted by Crippen LogP contribution is 2.15. The average molecular weight is 260 g/mol. The Morgan fingerprint density at radius 2 is 2.21 bits per heavy atom. The number of amides is 1. The minimum absolute atomic E-state index is 0.236. The number of nitrogens with one attached hydrogen (secondary N) is 1. The minimum Gasteiger partial charge on any atom is -0.341 e. The molecule has 1 atom stereocenters. The van der Waals surface area contributed by atoms with Gasteiger partial charge in [-0.25, -0.2) is 0 Å². The Morgan fingerprint density at radius 1 is 1.42 bits per heavy atom. The number of carbonyl (C=O) groups is 1. The largest absolute Gasteiger partial charge is 0.341 e. The van der Waals surface area contributed by atoms with Crippen LogP contribution in [0.3, 0.4) is 0 Å². The topological polar surface area (TPSA) is 32.3 Å². The van der Waals surface area contributed by atoms with Crippen LogP contribution >= 0.6 is 0 Å². The van der Waals surface area contributed by atoms with Gasteiger partial charge < -0.3 is 10.2 Å². The van der Waals surface area contributed by atoms with Gasteiger partial charge in [0.25, 0.3) is 0 Å². The van der Waals surface area contributed by atoms with Crippen LogP contribution in [0, 0.1) is 13.8 Å². The molecule has 1 aromatic rings. The van der Waals surface area contributed by atoms with Crippen molar-refractivity contribution in [2.45, 2.75) is 45.7 Å². The van der Waals surface area contributed by atoms with Crippen LogP contribution < -0.4 is 5.32 Å². The summed E-state index contributed by atoms with van der Waals surface area (Å²) < 4.78 is 0. The molecule has 1 N–H and O–H groups in total. The van der Waals surface area contributed by atoms with E-state index in [4.69, 9.17) is 0 Å². The minimum atomic E-state index is 0.236. The molecule has 1 aliphatic heterocycles. The van der Waals surface area contributed by atoms with E-state index in [-0.39, 0.29) is 5.91 Å². The molecule has 1 aliphatic rings. The first-order valence-electron chi connectivity index (χ1n) is 7.10. The van der Waals surface area contributed by atoms with Gasteiger partial charge in [0, 0.05) is 26.1 Å². The van der Waals surface area contributed by atoms with Crippen molar-refractivity contribution in [2.75, 3.05) is 13.6 Å². The van der Waals surface area contributed by atoms with E-state index < -0.39 is 0 Å². The molecule has 1 fully saturated rings. The summed E-state index contributed by atoms with van der Waals surface area (Å²) in [5.74, 6) is 0.236. The van der Waals surface area contributed by atoms with Crippen molar-refractivity contribution in [1.29, 1.82) is 0 Å². The Bertz CT molecular complexity index is 450. The number of rotatable bonds is 4. The van der Waals surface area contributed by atoms with Crippen LogP contribution in [0.2, 0.25) is 0 Å². The zero-order valence-corrected chi connectivity index (χ0v) is 12.2. The molecular formula is C16H24N2O. The van der Waals surface area contributed by atoms with E-state index in [9.17, 15) is 4.79 Å². The third-order valence-corrected chi connectivity index (χ3v) is 3.91. The molecule has 19 heavy (non-hydrogen) atoms. The van der Waals surface area contributed by atoms with Crippen LogP contribution in [0.25, 0.3) is 0 Å². The van der Waals surface area contributed by atoms with Crippen molar-refractivity contribution >= 4 is 5.91 Å². The Kier molecular flexibility index (Phi) is 4.59. The normalized spacial score (nSPS) is 18.6. The number of aryl methyl sites for hydroxylation is 2. The molecule has 3 nitrogen and oxygen atoms in total. The predicted molar refractivity (Wildman–Crippen MR) is 78.0 cm³/mol. The molecule has 0 saturated carbocycles. The van der Waals surface area contributed by atoms with E-state index in [1.54, 1.807) is 0 Å². The summed E-state index contributed by atoms with van der Waals surface area (Å²) in [6, 6.07) is 6.79. The second-order valence-corrected chi connectivity index (χ2v) is 5.68. The van der Waals surface area contributed by atoms with Gasteiger partial charge in [0.05, 0.1) is 0 Å². The summed E-state index contributed by atoms with van der Waals surface area (Å²) in [6.07, 6.45) is 2.95. The lowest BCUT2D eigenvalue weighted by Gasteiger charge is -2.20. The predicted octanol–water partition coefficient (Wildman–Crippen LogP) is 2.40. The van der Waals surface area contributed by atoms with Gasteiger partial charge >= 0.3 is 0 Å². The first kappa shape index (κ1) is 14.1. The van der Waals surface area contributed by atoms with Crippen molar-refractivity contribution in [1.82, 2.24) is 10.2 Å². The van der Waals surface area contributed by atoms with Crippen LogP contribution in [0.5, 0.6) is 0 Å². The van der Waals surface area contributed by atoms with Gasteiger partial charge in [-0.3, -0.25) is 4.79 Å². The fourth-order valence-corrected chi connectivity index (χ4v) is 2.66. The Morgan fingerprint density at radius 3 is 2.84 bits per heavy atom. The fraction of sp³-hybridized carbons (Fsp3) is 0.562. The molecule has 1 unspecified atom stereocenters. The summed E-state index contributed by atoms with van der Waals surface area (Å²) in [4.78, 5) is 14.0. The van der Waals surface area contributed by atoms with E-state index >= 15 is 0 Å². The molecule has 0 bridgehead atoms. The third kappa shape index (κ3) is 3.80. The summed E-state index contributed by atoms with van der Waals surface area (Å²) >= 11 is 0. The molecular weight excluding hydrogens is 236 g/mol. The maximum atomic E-state index is 12.2. The van der Waals surface area contributed by atoms with Crippen LogP contribution in [-0.4, -0.2) is 30.4 Å². The van der Waals surface area contributed by atoms with Crippen LogP contribution in [-0.2, 0) is 11.3 Å². The first-order valence-corrected chi connectivity index (χ1v) is 7.10. The molecule has 1 heterocycles. The van der Waals surface area contributed by atoms with Crippen molar-refractivity contribution in [3.8, 4) is 0 Å². The highest BCUT2D eigenvalue weighted by Gasteiger charge is 2.20. The van der Waals surface area contributed by atoms with Gasteiger partial charge in [-0.1, -0.05) is 23.8 Å². The maximum Gasteiger partial charge on any atom is 0.224 e. The maximum absolute atomic E-state index is 12.2. The van der Waals surface area contributed by atoms with Gasteiger partial charge in [-0.2, -0.15) is 0 Å². The highest BCUT2D eigenvalue weighted by atomic mass is 16.2. The van der Waals surface area contributed by atoms with Gasteiger partial charge in [-0.05, 0) is 44.4 Å². The van der Waals surface area contributed by atoms with E-state index in [0.29, 0.717) is 19.0 Å². The standard InChI is InChI=1S/C16H24N2O/c1-12-6-7-14(13(2)9-12)11-18(3)16(19)10-15-5-4-8-17-15/h6-7,9,15,17H,4-5,8,10-11H2,1-3H3. The Labute approximate surface area is 116 Å². The average Bonchev–Trinajstić information content (AvgIpc) is 2.85.